The van der Waals surface area contributed by atoms with Gasteiger partial charge in [-0.25, -0.2) is 14.6 Å². The lowest BCUT2D eigenvalue weighted by Crippen LogP contribution is -2.10. The highest BCUT2D eigenvalue weighted by molar-refractivity contribution is 5.49. The number of hydrogen-bond donors (Lipinski definition) is 1. The number of nitrogens with zero attached hydrogens (tertiary/aromatic N) is 4. The van der Waals surface area contributed by atoms with E-state index in [4.69, 9.17) is 5.73 Å². The van der Waals surface area contributed by atoms with E-state index in [1.54, 1.807) is 0 Å². The Hall–Kier alpha value is -1.91. The molecule has 0 amide bonds. The van der Waals surface area contributed by atoms with Crippen LogP contribution in [-0.2, 0) is 0 Å². The van der Waals surface area contributed by atoms with Crippen molar-refractivity contribution in [3.05, 3.63) is 28.3 Å². The summed E-state index contributed by atoms with van der Waals surface area (Å²) in [6, 6.07) is 0. The van der Waals surface area contributed by atoms with Gasteiger partial charge in [-0.05, 0) is 40.2 Å². The average Bonchev–Trinajstić information content (AvgIpc) is 2.51. The van der Waals surface area contributed by atoms with Crippen molar-refractivity contribution >= 4 is 5.82 Å². The molecule has 0 fully saturated rings. The van der Waals surface area contributed by atoms with Gasteiger partial charge in [0.15, 0.2) is 5.82 Å². The lowest BCUT2D eigenvalue weighted by atomic mass is 10.2. The molecule has 2 aromatic heterocycles. The Balaban J connectivity index is 2.72. The van der Waals surface area contributed by atoms with Crippen LogP contribution in [0, 0.1) is 34.6 Å². The van der Waals surface area contributed by atoms with Crippen LogP contribution >= 0.6 is 0 Å². The summed E-state index contributed by atoms with van der Waals surface area (Å²) in [6.07, 6.45) is 0. The fourth-order valence-corrected chi connectivity index (χ4v) is 1.77. The molecule has 0 radical (unpaired) electrons. The van der Waals surface area contributed by atoms with Crippen LogP contribution in [0.4, 0.5) is 5.82 Å². The molecule has 2 heterocycles. The van der Waals surface area contributed by atoms with Crippen molar-refractivity contribution in [1.29, 1.82) is 0 Å². The Morgan fingerprint density at radius 2 is 1.59 bits per heavy atom. The third kappa shape index (κ3) is 1.77. The first kappa shape index (κ1) is 11.6. The lowest BCUT2D eigenvalue weighted by Gasteiger charge is -2.09. The van der Waals surface area contributed by atoms with Gasteiger partial charge < -0.3 is 5.73 Å². The Morgan fingerprint density at radius 1 is 0.941 bits per heavy atom. The van der Waals surface area contributed by atoms with Crippen LogP contribution in [0.25, 0.3) is 5.82 Å². The molecule has 5 nitrogen and oxygen atoms in total. The first-order valence-corrected chi connectivity index (χ1v) is 5.55. The number of hydrogen-bond acceptors (Lipinski definition) is 4. The highest BCUT2D eigenvalue weighted by Gasteiger charge is 2.14. The molecule has 17 heavy (non-hydrogen) atoms. The molecular weight excluding hydrogens is 214 g/mol. The third-order valence-corrected chi connectivity index (χ3v) is 3.12. The second-order valence-corrected chi connectivity index (χ2v) is 4.31. The van der Waals surface area contributed by atoms with Crippen LogP contribution in [0.3, 0.4) is 0 Å². The normalized spacial score (nSPS) is 10.9. The van der Waals surface area contributed by atoms with E-state index < -0.39 is 0 Å². The quantitative estimate of drug-likeness (QED) is 0.812. The second kappa shape index (κ2) is 3.84. The molecule has 0 aliphatic rings. The molecule has 2 rings (SSSR count). The van der Waals surface area contributed by atoms with E-state index >= 15 is 0 Å². The van der Waals surface area contributed by atoms with Crippen LogP contribution in [0.1, 0.15) is 28.3 Å². The Bertz CT molecular complexity index is 583. The molecule has 5 heteroatoms. The van der Waals surface area contributed by atoms with Crippen molar-refractivity contribution in [2.75, 3.05) is 5.73 Å². The third-order valence-electron chi connectivity index (χ3n) is 3.12. The van der Waals surface area contributed by atoms with E-state index in [2.05, 4.69) is 22.0 Å². The number of aromatic nitrogens is 4. The van der Waals surface area contributed by atoms with Gasteiger partial charge in [0, 0.05) is 11.3 Å². The van der Waals surface area contributed by atoms with Gasteiger partial charge in [-0.3, -0.25) is 0 Å². The maximum absolute atomic E-state index is 5.86. The zero-order valence-electron chi connectivity index (χ0n) is 10.9. The molecule has 0 aliphatic heterocycles. The van der Waals surface area contributed by atoms with Crippen molar-refractivity contribution in [1.82, 2.24) is 19.7 Å². The zero-order chi connectivity index (χ0) is 12.7. The SMILES string of the molecule is Cc1nc(N)c(C)c(-n2nc(C)c(C)c2C)n1. The molecule has 2 aromatic rings. The summed E-state index contributed by atoms with van der Waals surface area (Å²) < 4.78 is 1.84. The molecule has 0 spiro atoms. The zero-order valence-corrected chi connectivity index (χ0v) is 10.9. The minimum absolute atomic E-state index is 0.512. The topological polar surface area (TPSA) is 69.6 Å². The second-order valence-electron chi connectivity index (χ2n) is 4.31. The maximum Gasteiger partial charge on any atom is 0.162 e. The molecule has 0 aliphatic carbocycles. The largest absolute Gasteiger partial charge is 0.383 e. The van der Waals surface area contributed by atoms with E-state index in [0.29, 0.717) is 11.6 Å². The lowest BCUT2D eigenvalue weighted by molar-refractivity contribution is 0.785. The number of nitrogens with two attached hydrogens (primary N) is 1. The van der Waals surface area contributed by atoms with Gasteiger partial charge in [-0.2, -0.15) is 5.10 Å². The molecule has 0 unspecified atom stereocenters. The Morgan fingerprint density at radius 3 is 2.12 bits per heavy atom. The minimum atomic E-state index is 0.512. The van der Waals surface area contributed by atoms with E-state index in [1.807, 2.05) is 32.4 Å². The summed E-state index contributed by atoms with van der Waals surface area (Å²) in [6.45, 7) is 9.82. The predicted octanol–water partition coefficient (Wildman–Crippen LogP) is 1.79. The number of aryl methyl sites for hydroxylation is 2. The number of nitrogen functional groups attached to an aromatic ring is 1. The van der Waals surface area contributed by atoms with E-state index in [9.17, 15) is 0 Å². The van der Waals surface area contributed by atoms with Gasteiger partial charge in [0.2, 0.25) is 0 Å². The molecule has 90 valence electrons. The Labute approximate surface area is 101 Å². The smallest absolute Gasteiger partial charge is 0.162 e. The van der Waals surface area contributed by atoms with Crippen molar-refractivity contribution in [2.24, 2.45) is 0 Å². The summed E-state index contributed by atoms with van der Waals surface area (Å²) >= 11 is 0. The summed E-state index contributed by atoms with van der Waals surface area (Å²) in [5, 5.41) is 4.49. The summed E-state index contributed by atoms with van der Waals surface area (Å²) in [5.74, 6) is 1.94. The fraction of sp³-hybridized carbons (Fsp3) is 0.417. The van der Waals surface area contributed by atoms with Crippen molar-refractivity contribution in [3.63, 3.8) is 0 Å². The monoisotopic (exact) mass is 231 g/mol. The molecule has 0 bridgehead atoms. The summed E-state index contributed by atoms with van der Waals surface area (Å²) in [7, 11) is 0. The van der Waals surface area contributed by atoms with E-state index in [0.717, 1.165) is 22.8 Å². The minimum Gasteiger partial charge on any atom is -0.383 e. The van der Waals surface area contributed by atoms with Crippen molar-refractivity contribution in [2.45, 2.75) is 34.6 Å². The summed E-state index contributed by atoms with van der Waals surface area (Å²) in [4.78, 5) is 8.57. The standard InChI is InChI=1S/C12H17N5/c1-6-8(3)16-17(9(6)4)12-7(2)11(13)14-10(5)15-12/h1-5H3,(H2,13,14,15). The van der Waals surface area contributed by atoms with Crippen LogP contribution < -0.4 is 5.73 Å². The van der Waals surface area contributed by atoms with Crippen LogP contribution in [0.15, 0.2) is 0 Å². The molecule has 2 N–H and O–H groups in total. The van der Waals surface area contributed by atoms with Gasteiger partial charge >= 0.3 is 0 Å². The van der Waals surface area contributed by atoms with Crippen molar-refractivity contribution in [3.8, 4) is 5.82 Å². The highest BCUT2D eigenvalue weighted by atomic mass is 15.3. The van der Waals surface area contributed by atoms with E-state index in [-0.39, 0.29) is 0 Å². The van der Waals surface area contributed by atoms with Crippen molar-refractivity contribution < 1.29 is 0 Å². The van der Waals surface area contributed by atoms with Crippen LogP contribution in [0.5, 0.6) is 0 Å². The molecule has 0 aromatic carbocycles. The Kier molecular flexibility index (Phi) is 2.61. The number of rotatable bonds is 1. The molecule has 0 atom stereocenters. The maximum atomic E-state index is 5.86. The van der Waals surface area contributed by atoms with Gasteiger partial charge in [0.25, 0.3) is 0 Å². The highest BCUT2D eigenvalue weighted by Crippen LogP contribution is 2.20. The van der Waals surface area contributed by atoms with Gasteiger partial charge in [0.1, 0.15) is 11.6 Å². The van der Waals surface area contributed by atoms with Crippen LogP contribution in [0.2, 0.25) is 0 Å². The molecule has 0 saturated carbocycles. The van der Waals surface area contributed by atoms with Gasteiger partial charge in [-0.1, -0.05) is 0 Å². The van der Waals surface area contributed by atoms with Gasteiger partial charge in [0.05, 0.1) is 5.69 Å². The van der Waals surface area contributed by atoms with E-state index in [1.165, 1.54) is 5.56 Å². The van der Waals surface area contributed by atoms with Crippen LogP contribution in [-0.4, -0.2) is 19.7 Å². The number of anilines is 1. The first-order valence-electron chi connectivity index (χ1n) is 5.55. The first-order chi connectivity index (χ1) is 7.91. The fourth-order valence-electron chi connectivity index (χ4n) is 1.77. The summed E-state index contributed by atoms with van der Waals surface area (Å²) in [5.41, 5.74) is 10.0. The molecular formula is C12H17N5. The molecule has 0 saturated heterocycles. The van der Waals surface area contributed by atoms with Gasteiger partial charge in [-0.15, -0.1) is 0 Å². The average molecular weight is 231 g/mol. The predicted molar refractivity (Wildman–Crippen MR) is 67.3 cm³/mol.